The highest BCUT2D eigenvalue weighted by atomic mass is 16.5. The molecule has 2 rings (SSSR count). The number of nitrogens with one attached hydrogen (secondary N) is 1. The Morgan fingerprint density at radius 3 is 2.76 bits per heavy atom. The summed E-state index contributed by atoms with van der Waals surface area (Å²) >= 11 is 0. The number of rotatable bonds is 5. The first-order valence-electron chi connectivity index (χ1n) is 7.58. The molecule has 2 heterocycles. The maximum Gasteiger partial charge on any atom is 0.216 e. The van der Waals surface area contributed by atoms with Gasteiger partial charge in [-0.1, -0.05) is 13.8 Å². The zero-order valence-electron chi connectivity index (χ0n) is 14.0. The summed E-state index contributed by atoms with van der Waals surface area (Å²) < 4.78 is 13.4. The van der Waals surface area contributed by atoms with Gasteiger partial charge >= 0.3 is 0 Å². The van der Waals surface area contributed by atoms with Gasteiger partial charge in [0.1, 0.15) is 0 Å². The molecule has 1 saturated heterocycles. The van der Waals surface area contributed by atoms with Crippen LogP contribution in [0.5, 0.6) is 5.88 Å². The number of aryl methyl sites for hydroxylation is 2. The molecule has 0 saturated carbocycles. The van der Waals surface area contributed by atoms with E-state index in [4.69, 9.17) is 9.47 Å². The molecule has 2 unspecified atom stereocenters. The minimum absolute atomic E-state index is 0.1000. The normalized spacial score (nSPS) is 23.8. The summed E-state index contributed by atoms with van der Waals surface area (Å²) in [6.07, 6.45) is 0.1000. The van der Waals surface area contributed by atoms with Crippen molar-refractivity contribution in [1.82, 2.24) is 20.0 Å². The summed E-state index contributed by atoms with van der Waals surface area (Å²) in [4.78, 5) is 2.34. The van der Waals surface area contributed by atoms with Gasteiger partial charge in [-0.2, -0.15) is 5.10 Å². The van der Waals surface area contributed by atoms with Gasteiger partial charge in [0, 0.05) is 26.2 Å². The molecule has 0 aliphatic carbocycles. The third-order valence-electron chi connectivity index (χ3n) is 4.03. The van der Waals surface area contributed by atoms with E-state index in [2.05, 4.69) is 36.2 Å². The highest BCUT2D eigenvalue weighted by Crippen LogP contribution is 2.36. The van der Waals surface area contributed by atoms with Crippen LogP contribution >= 0.6 is 0 Å². The van der Waals surface area contributed by atoms with Crippen molar-refractivity contribution in [2.45, 2.75) is 39.0 Å². The van der Waals surface area contributed by atoms with Gasteiger partial charge in [0.15, 0.2) is 0 Å². The van der Waals surface area contributed by atoms with Gasteiger partial charge in [-0.05, 0) is 14.0 Å². The Morgan fingerprint density at radius 2 is 2.14 bits per heavy atom. The Labute approximate surface area is 127 Å². The Balaban J connectivity index is 2.31. The monoisotopic (exact) mass is 296 g/mol. The Hall–Kier alpha value is -1.11. The summed E-state index contributed by atoms with van der Waals surface area (Å²) in [6.45, 7) is 8.84. The molecule has 1 aromatic heterocycles. The SMILES string of the molecule is COc1c(C2C(CNC(C)C)OCCN2C)c(C)nn1C. The van der Waals surface area contributed by atoms with E-state index in [9.17, 15) is 0 Å². The Morgan fingerprint density at radius 1 is 1.43 bits per heavy atom. The number of hydrogen-bond acceptors (Lipinski definition) is 5. The molecule has 6 nitrogen and oxygen atoms in total. The maximum absolute atomic E-state index is 6.03. The van der Waals surface area contributed by atoms with E-state index < -0.39 is 0 Å². The zero-order valence-corrected chi connectivity index (χ0v) is 14.0. The van der Waals surface area contributed by atoms with Gasteiger partial charge in [0.25, 0.3) is 0 Å². The van der Waals surface area contributed by atoms with E-state index in [-0.39, 0.29) is 12.1 Å². The zero-order chi connectivity index (χ0) is 15.6. The van der Waals surface area contributed by atoms with Gasteiger partial charge in [0.05, 0.1) is 37.1 Å². The van der Waals surface area contributed by atoms with Crippen molar-refractivity contribution in [2.24, 2.45) is 7.05 Å². The molecule has 1 N–H and O–H groups in total. The minimum atomic E-state index is 0.1000. The van der Waals surface area contributed by atoms with E-state index >= 15 is 0 Å². The van der Waals surface area contributed by atoms with E-state index in [0.717, 1.165) is 36.8 Å². The van der Waals surface area contributed by atoms with E-state index in [0.29, 0.717) is 6.04 Å². The van der Waals surface area contributed by atoms with Crippen molar-refractivity contribution >= 4 is 0 Å². The van der Waals surface area contributed by atoms with Crippen molar-refractivity contribution in [3.8, 4) is 5.88 Å². The van der Waals surface area contributed by atoms with E-state index in [1.165, 1.54) is 0 Å². The number of methoxy groups -OCH3 is 1. The van der Waals surface area contributed by atoms with Crippen molar-refractivity contribution < 1.29 is 9.47 Å². The van der Waals surface area contributed by atoms with Crippen LogP contribution in [0.15, 0.2) is 0 Å². The molecule has 120 valence electrons. The molecular formula is C15H28N4O2. The van der Waals surface area contributed by atoms with Crippen LogP contribution in [-0.4, -0.2) is 60.7 Å². The summed E-state index contributed by atoms with van der Waals surface area (Å²) in [5.41, 5.74) is 2.14. The van der Waals surface area contributed by atoms with Crippen LogP contribution in [0.4, 0.5) is 0 Å². The highest BCUT2D eigenvalue weighted by molar-refractivity contribution is 5.35. The predicted molar refractivity (Wildman–Crippen MR) is 82.7 cm³/mol. The molecule has 0 bridgehead atoms. The van der Waals surface area contributed by atoms with Crippen molar-refractivity contribution in [3.63, 3.8) is 0 Å². The van der Waals surface area contributed by atoms with Gasteiger partial charge in [0.2, 0.25) is 5.88 Å². The smallest absolute Gasteiger partial charge is 0.216 e. The second-order valence-corrected chi connectivity index (χ2v) is 6.03. The first-order chi connectivity index (χ1) is 9.95. The fourth-order valence-electron chi connectivity index (χ4n) is 3.03. The second-order valence-electron chi connectivity index (χ2n) is 6.03. The van der Waals surface area contributed by atoms with Gasteiger partial charge < -0.3 is 14.8 Å². The van der Waals surface area contributed by atoms with Crippen LogP contribution in [0.25, 0.3) is 0 Å². The lowest BCUT2D eigenvalue weighted by atomic mass is 9.98. The van der Waals surface area contributed by atoms with Crippen molar-refractivity contribution in [3.05, 3.63) is 11.3 Å². The Kier molecular flexibility index (Phi) is 5.24. The predicted octanol–water partition coefficient (Wildman–Crippen LogP) is 1.11. The maximum atomic E-state index is 6.03. The number of ether oxygens (including phenoxy) is 2. The number of hydrogen-bond donors (Lipinski definition) is 1. The number of nitrogens with zero attached hydrogens (tertiary/aromatic N) is 3. The molecule has 0 aromatic carbocycles. The molecule has 6 heteroatoms. The lowest BCUT2D eigenvalue weighted by molar-refractivity contribution is -0.0628. The van der Waals surface area contributed by atoms with Crippen LogP contribution in [-0.2, 0) is 11.8 Å². The molecule has 1 aliphatic rings. The molecule has 2 atom stereocenters. The van der Waals surface area contributed by atoms with E-state index in [1.54, 1.807) is 11.8 Å². The summed E-state index contributed by atoms with van der Waals surface area (Å²) in [5.74, 6) is 0.824. The molecular weight excluding hydrogens is 268 g/mol. The highest BCUT2D eigenvalue weighted by Gasteiger charge is 2.36. The van der Waals surface area contributed by atoms with E-state index in [1.807, 2.05) is 14.0 Å². The van der Waals surface area contributed by atoms with Crippen LogP contribution in [0.3, 0.4) is 0 Å². The first kappa shape index (κ1) is 16.3. The molecule has 0 spiro atoms. The first-order valence-corrected chi connectivity index (χ1v) is 7.58. The molecule has 0 radical (unpaired) electrons. The van der Waals surface area contributed by atoms with Crippen LogP contribution in [0, 0.1) is 6.92 Å². The number of aromatic nitrogens is 2. The molecule has 1 aromatic rings. The van der Waals surface area contributed by atoms with Crippen LogP contribution in [0.2, 0.25) is 0 Å². The number of likely N-dealkylation sites (N-methyl/N-ethyl adjacent to an activating group) is 1. The Bertz CT molecular complexity index is 472. The van der Waals surface area contributed by atoms with Crippen molar-refractivity contribution in [2.75, 3.05) is 33.9 Å². The van der Waals surface area contributed by atoms with Crippen LogP contribution < -0.4 is 10.1 Å². The summed E-state index contributed by atoms with van der Waals surface area (Å²) in [7, 11) is 5.76. The fourth-order valence-corrected chi connectivity index (χ4v) is 3.03. The largest absolute Gasteiger partial charge is 0.481 e. The average molecular weight is 296 g/mol. The standard InChI is InChI=1S/C15H28N4O2/c1-10(2)16-9-12-14(18(4)7-8-21-12)13-11(3)17-19(5)15(13)20-6/h10,12,14,16H,7-9H2,1-6H3. The lowest BCUT2D eigenvalue weighted by Crippen LogP contribution is -2.48. The third kappa shape index (κ3) is 3.39. The second kappa shape index (κ2) is 6.77. The van der Waals surface area contributed by atoms with Gasteiger partial charge in [-0.15, -0.1) is 0 Å². The fraction of sp³-hybridized carbons (Fsp3) is 0.800. The summed E-state index contributed by atoms with van der Waals surface area (Å²) in [5, 5.41) is 7.99. The quantitative estimate of drug-likeness (QED) is 0.882. The molecule has 1 aliphatic heterocycles. The minimum Gasteiger partial charge on any atom is -0.481 e. The summed E-state index contributed by atoms with van der Waals surface area (Å²) in [6, 6.07) is 0.604. The third-order valence-corrected chi connectivity index (χ3v) is 4.03. The molecule has 1 fully saturated rings. The van der Waals surface area contributed by atoms with Gasteiger partial charge in [-0.25, -0.2) is 4.68 Å². The molecule has 0 amide bonds. The number of morpholine rings is 1. The van der Waals surface area contributed by atoms with Crippen LogP contribution in [0.1, 0.15) is 31.1 Å². The van der Waals surface area contributed by atoms with Gasteiger partial charge in [-0.3, -0.25) is 4.90 Å². The lowest BCUT2D eigenvalue weighted by Gasteiger charge is -2.39. The van der Waals surface area contributed by atoms with Crippen molar-refractivity contribution in [1.29, 1.82) is 0 Å². The average Bonchev–Trinajstić information content (AvgIpc) is 2.70. The topological polar surface area (TPSA) is 51.5 Å². The molecule has 21 heavy (non-hydrogen) atoms.